The number of benzene rings is 2. The number of amides is 3. The van der Waals surface area contributed by atoms with Gasteiger partial charge < -0.3 is 25.8 Å². The number of nitrogens with one attached hydrogen (secondary N) is 2. The predicted octanol–water partition coefficient (Wildman–Crippen LogP) is 3.42. The first-order chi connectivity index (χ1) is 14.0. The molecule has 2 aromatic carbocycles. The van der Waals surface area contributed by atoms with E-state index in [1.807, 2.05) is 0 Å². The number of pyridine rings is 1. The van der Waals surface area contributed by atoms with Crippen LogP contribution in [0.4, 0.5) is 10.5 Å². The third-order valence-electron chi connectivity index (χ3n) is 4.54. The molecule has 1 fully saturated rings. The maximum absolute atomic E-state index is 11.8. The number of nitrogens with two attached hydrogens (primary N) is 1. The van der Waals surface area contributed by atoms with E-state index in [4.69, 9.17) is 15.2 Å². The van der Waals surface area contributed by atoms with Crippen molar-refractivity contribution < 1.29 is 19.1 Å². The first-order valence-corrected chi connectivity index (χ1v) is 9.15. The highest BCUT2D eigenvalue weighted by Gasteiger charge is 2.23. The van der Waals surface area contributed by atoms with E-state index in [2.05, 4.69) is 15.6 Å². The van der Waals surface area contributed by atoms with E-state index in [-0.39, 0.29) is 11.6 Å². The van der Waals surface area contributed by atoms with Crippen LogP contribution in [0.5, 0.6) is 17.2 Å². The minimum Gasteiger partial charge on any atom is -0.496 e. The van der Waals surface area contributed by atoms with Crippen LogP contribution in [0.1, 0.15) is 23.2 Å². The summed E-state index contributed by atoms with van der Waals surface area (Å²) in [5, 5.41) is 6.28. The van der Waals surface area contributed by atoms with Crippen LogP contribution >= 0.6 is 0 Å². The normalized spacial score (nSPS) is 13.0. The highest BCUT2D eigenvalue weighted by atomic mass is 16.5. The van der Waals surface area contributed by atoms with E-state index >= 15 is 0 Å². The number of hydrogen-bond donors (Lipinski definition) is 3. The number of nitrogens with zero attached hydrogens (tertiary/aromatic N) is 1. The van der Waals surface area contributed by atoms with Gasteiger partial charge in [-0.15, -0.1) is 0 Å². The van der Waals surface area contributed by atoms with E-state index < -0.39 is 5.91 Å². The number of ether oxygens (including phenoxy) is 2. The molecule has 4 rings (SSSR count). The summed E-state index contributed by atoms with van der Waals surface area (Å²) in [4.78, 5) is 27.8. The van der Waals surface area contributed by atoms with Crippen molar-refractivity contribution in [3.05, 3.63) is 54.2 Å². The zero-order valence-electron chi connectivity index (χ0n) is 15.8. The van der Waals surface area contributed by atoms with Crippen molar-refractivity contribution in [1.82, 2.24) is 10.3 Å². The number of hydrogen-bond acceptors (Lipinski definition) is 5. The van der Waals surface area contributed by atoms with E-state index in [1.165, 1.54) is 7.11 Å². The molecule has 0 spiro atoms. The van der Waals surface area contributed by atoms with E-state index in [9.17, 15) is 9.59 Å². The molecule has 1 aromatic heterocycles. The number of aromatic nitrogens is 1. The molecule has 1 heterocycles. The lowest BCUT2D eigenvalue weighted by Crippen LogP contribution is -2.30. The summed E-state index contributed by atoms with van der Waals surface area (Å²) in [5.41, 5.74) is 6.98. The maximum atomic E-state index is 11.8. The summed E-state index contributed by atoms with van der Waals surface area (Å²) in [7, 11) is 1.47. The summed E-state index contributed by atoms with van der Waals surface area (Å²) in [6, 6.07) is 12.0. The summed E-state index contributed by atoms with van der Waals surface area (Å²) in [6.07, 6.45) is 3.67. The Hall–Kier alpha value is -3.81. The molecule has 0 atom stereocenters. The Morgan fingerprint density at radius 1 is 1.10 bits per heavy atom. The first-order valence-electron chi connectivity index (χ1n) is 9.15. The Bertz CT molecular complexity index is 1080. The Morgan fingerprint density at radius 3 is 2.52 bits per heavy atom. The van der Waals surface area contributed by atoms with Crippen molar-refractivity contribution in [2.45, 2.75) is 18.9 Å². The van der Waals surface area contributed by atoms with Gasteiger partial charge >= 0.3 is 6.03 Å². The van der Waals surface area contributed by atoms with Gasteiger partial charge in [-0.05, 0) is 49.2 Å². The topological polar surface area (TPSA) is 116 Å². The average Bonchev–Trinajstić information content (AvgIpc) is 3.52. The van der Waals surface area contributed by atoms with Crippen molar-refractivity contribution in [2.24, 2.45) is 5.73 Å². The minimum absolute atomic E-state index is 0.214. The molecule has 1 aliphatic rings. The minimum atomic E-state index is -0.599. The number of carbonyl (C=O) groups is 2. The number of urea groups is 1. The number of primary amides is 1. The zero-order valence-corrected chi connectivity index (χ0v) is 15.8. The molecule has 8 nitrogen and oxygen atoms in total. The fourth-order valence-corrected chi connectivity index (χ4v) is 2.91. The standard InChI is InChI=1S/C21H20N4O4/c1-28-19-11-17-15(10-16(19)20(22)26)18(8-9-23-17)29-14-6-4-13(5-7-14)25-21(27)24-12-2-3-12/h4-12H,2-3H2,1H3,(H2,22,26)(H2,24,25,27). The fraction of sp³-hybridized carbons (Fsp3) is 0.190. The molecule has 3 aromatic rings. The second kappa shape index (κ2) is 7.67. The first kappa shape index (κ1) is 18.5. The van der Waals surface area contributed by atoms with Gasteiger partial charge in [0.25, 0.3) is 5.91 Å². The Morgan fingerprint density at radius 2 is 1.86 bits per heavy atom. The number of fused-ring (bicyclic) bond motifs is 1. The Labute approximate surface area is 167 Å². The smallest absolute Gasteiger partial charge is 0.319 e. The summed E-state index contributed by atoms with van der Waals surface area (Å²) in [6.45, 7) is 0. The van der Waals surface area contributed by atoms with Crippen LogP contribution in [0.15, 0.2) is 48.7 Å². The average molecular weight is 392 g/mol. The quantitative estimate of drug-likeness (QED) is 0.594. The summed E-state index contributed by atoms with van der Waals surface area (Å²) >= 11 is 0. The van der Waals surface area contributed by atoms with Gasteiger partial charge in [0.05, 0.1) is 18.2 Å². The molecule has 0 bridgehead atoms. The van der Waals surface area contributed by atoms with Crippen LogP contribution < -0.4 is 25.8 Å². The third-order valence-corrected chi connectivity index (χ3v) is 4.54. The monoisotopic (exact) mass is 392 g/mol. The molecule has 4 N–H and O–H groups in total. The van der Waals surface area contributed by atoms with Gasteiger partial charge in [0.15, 0.2) is 0 Å². The van der Waals surface area contributed by atoms with Crippen LogP contribution in [0.3, 0.4) is 0 Å². The molecule has 148 valence electrons. The van der Waals surface area contributed by atoms with Crippen LogP contribution in [-0.4, -0.2) is 30.1 Å². The lowest BCUT2D eigenvalue weighted by Gasteiger charge is -2.12. The lowest BCUT2D eigenvalue weighted by atomic mass is 10.1. The van der Waals surface area contributed by atoms with Gasteiger partial charge in [-0.2, -0.15) is 0 Å². The van der Waals surface area contributed by atoms with Crippen molar-refractivity contribution in [1.29, 1.82) is 0 Å². The van der Waals surface area contributed by atoms with Crippen LogP contribution in [0, 0.1) is 0 Å². The van der Waals surface area contributed by atoms with E-state index in [0.717, 1.165) is 12.8 Å². The number of methoxy groups -OCH3 is 1. The molecule has 0 aliphatic heterocycles. The van der Waals surface area contributed by atoms with Gasteiger partial charge in [0.2, 0.25) is 0 Å². The van der Waals surface area contributed by atoms with Gasteiger partial charge in [0.1, 0.15) is 17.2 Å². The predicted molar refractivity (Wildman–Crippen MR) is 109 cm³/mol. The Balaban J connectivity index is 1.56. The van der Waals surface area contributed by atoms with Crippen molar-refractivity contribution in [3.8, 4) is 17.2 Å². The molecule has 1 aliphatic carbocycles. The molecular weight excluding hydrogens is 372 g/mol. The summed E-state index contributed by atoms with van der Waals surface area (Å²) < 4.78 is 11.2. The molecule has 3 amide bonds. The fourth-order valence-electron chi connectivity index (χ4n) is 2.91. The molecule has 0 radical (unpaired) electrons. The summed E-state index contributed by atoms with van der Waals surface area (Å²) in [5.74, 6) is 0.849. The van der Waals surface area contributed by atoms with Crippen molar-refractivity contribution >= 4 is 28.5 Å². The number of carbonyl (C=O) groups excluding carboxylic acids is 2. The SMILES string of the molecule is COc1cc2nccc(Oc3ccc(NC(=O)NC4CC4)cc3)c2cc1C(N)=O. The highest BCUT2D eigenvalue weighted by molar-refractivity contribution is 6.01. The van der Waals surface area contributed by atoms with Crippen LogP contribution in [-0.2, 0) is 0 Å². The van der Waals surface area contributed by atoms with Gasteiger partial charge in [0, 0.05) is 29.4 Å². The van der Waals surface area contributed by atoms with Crippen LogP contribution in [0.25, 0.3) is 10.9 Å². The number of rotatable bonds is 6. The van der Waals surface area contributed by atoms with Gasteiger partial charge in [-0.1, -0.05) is 0 Å². The maximum Gasteiger partial charge on any atom is 0.319 e. The number of anilines is 1. The Kier molecular flexibility index (Phi) is 4.90. The molecule has 1 saturated carbocycles. The van der Waals surface area contributed by atoms with E-state index in [1.54, 1.807) is 48.7 Å². The third kappa shape index (κ3) is 4.21. The molecule has 29 heavy (non-hydrogen) atoms. The van der Waals surface area contributed by atoms with Crippen molar-refractivity contribution in [2.75, 3.05) is 12.4 Å². The second-order valence-corrected chi connectivity index (χ2v) is 6.74. The van der Waals surface area contributed by atoms with Gasteiger partial charge in [-0.25, -0.2) is 4.79 Å². The van der Waals surface area contributed by atoms with Gasteiger partial charge in [-0.3, -0.25) is 9.78 Å². The molecule has 8 heteroatoms. The van der Waals surface area contributed by atoms with E-state index in [0.29, 0.717) is 39.9 Å². The molecule has 0 unspecified atom stereocenters. The molecular formula is C21H20N4O4. The van der Waals surface area contributed by atoms with Crippen LogP contribution in [0.2, 0.25) is 0 Å². The lowest BCUT2D eigenvalue weighted by molar-refractivity contribution is 0.0997. The molecule has 0 saturated heterocycles. The zero-order chi connectivity index (χ0) is 20.4. The highest BCUT2D eigenvalue weighted by Crippen LogP contribution is 2.33. The second-order valence-electron chi connectivity index (χ2n) is 6.74. The largest absolute Gasteiger partial charge is 0.496 e. The van der Waals surface area contributed by atoms with Crippen molar-refractivity contribution in [3.63, 3.8) is 0 Å².